The van der Waals surface area contributed by atoms with Crippen LogP contribution in [0, 0.1) is 0 Å². The SMILES string of the molecule is CCC[CH2][Sn]([CH2]CCC)([CH2]CCC)[c]1ccn(-c2ccccc2CC)n1. The summed E-state index contributed by atoms with van der Waals surface area (Å²) in [4.78, 5) is 0. The monoisotopic (exact) mass is 462 g/mol. The number of hydrogen-bond donors (Lipinski definition) is 0. The van der Waals surface area contributed by atoms with E-state index in [-0.39, 0.29) is 0 Å². The van der Waals surface area contributed by atoms with Crippen LogP contribution in [0.3, 0.4) is 0 Å². The molecule has 0 atom stereocenters. The molecule has 26 heavy (non-hydrogen) atoms. The number of para-hydroxylation sites is 1. The van der Waals surface area contributed by atoms with Gasteiger partial charge in [-0.15, -0.1) is 0 Å². The fraction of sp³-hybridized carbons (Fsp3) is 0.609. The quantitative estimate of drug-likeness (QED) is 0.331. The molecule has 0 saturated heterocycles. The summed E-state index contributed by atoms with van der Waals surface area (Å²) in [7, 11) is 0. The number of rotatable bonds is 12. The van der Waals surface area contributed by atoms with Crippen molar-refractivity contribution in [2.24, 2.45) is 0 Å². The molecule has 0 fully saturated rings. The van der Waals surface area contributed by atoms with E-state index in [0.717, 1.165) is 6.42 Å². The van der Waals surface area contributed by atoms with Gasteiger partial charge < -0.3 is 0 Å². The van der Waals surface area contributed by atoms with E-state index >= 15 is 0 Å². The van der Waals surface area contributed by atoms with E-state index in [1.807, 2.05) is 0 Å². The molecule has 0 aliphatic carbocycles. The molecule has 0 unspecified atom stereocenters. The van der Waals surface area contributed by atoms with Gasteiger partial charge in [-0.25, -0.2) is 0 Å². The molecule has 1 aromatic carbocycles. The van der Waals surface area contributed by atoms with Crippen molar-refractivity contribution in [3.63, 3.8) is 0 Å². The van der Waals surface area contributed by atoms with Gasteiger partial charge in [0.25, 0.3) is 0 Å². The third kappa shape index (κ3) is 5.37. The number of aryl methyl sites for hydroxylation is 1. The Bertz CT molecular complexity index is 625. The average Bonchev–Trinajstić information content (AvgIpc) is 3.18. The molecule has 0 aliphatic rings. The predicted molar refractivity (Wildman–Crippen MR) is 117 cm³/mol. The Balaban J connectivity index is 2.39. The minimum atomic E-state index is -2.41. The molecule has 0 radical (unpaired) electrons. The Kier molecular flexibility index (Phi) is 9.24. The maximum absolute atomic E-state index is 5.23. The Labute approximate surface area is 165 Å². The van der Waals surface area contributed by atoms with Gasteiger partial charge in [0, 0.05) is 0 Å². The summed E-state index contributed by atoms with van der Waals surface area (Å²) in [6.07, 6.45) is 11.4. The van der Waals surface area contributed by atoms with E-state index < -0.39 is 18.4 Å². The molecule has 3 heteroatoms. The van der Waals surface area contributed by atoms with Crippen molar-refractivity contribution in [2.45, 2.75) is 86.0 Å². The van der Waals surface area contributed by atoms with Crippen LogP contribution in [-0.4, -0.2) is 28.2 Å². The molecule has 0 aliphatic heterocycles. The van der Waals surface area contributed by atoms with Gasteiger partial charge in [0.2, 0.25) is 0 Å². The number of unbranched alkanes of at least 4 members (excludes halogenated alkanes) is 3. The van der Waals surface area contributed by atoms with Crippen LogP contribution >= 0.6 is 0 Å². The van der Waals surface area contributed by atoms with E-state index in [1.54, 1.807) is 0 Å². The zero-order valence-electron chi connectivity index (χ0n) is 17.4. The fourth-order valence-corrected chi connectivity index (χ4v) is 19.4. The maximum atomic E-state index is 5.23. The van der Waals surface area contributed by atoms with Crippen LogP contribution in [0.2, 0.25) is 13.3 Å². The first-order valence-corrected chi connectivity index (χ1v) is 18.3. The molecule has 0 amide bonds. The van der Waals surface area contributed by atoms with Gasteiger partial charge in [-0.05, 0) is 0 Å². The van der Waals surface area contributed by atoms with Crippen molar-refractivity contribution in [1.29, 1.82) is 0 Å². The van der Waals surface area contributed by atoms with E-state index in [9.17, 15) is 0 Å². The molecular weight excluding hydrogens is 423 g/mol. The molecule has 0 N–H and O–H groups in total. The molecule has 0 spiro atoms. The first-order chi connectivity index (χ1) is 12.7. The molecule has 2 nitrogen and oxygen atoms in total. The van der Waals surface area contributed by atoms with Gasteiger partial charge in [0.05, 0.1) is 0 Å². The van der Waals surface area contributed by atoms with Crippen molar-refractivity contribution in [3.05, 3.63) is 42.1 Å². The van der Waals surface area contributed by atoms with Crippen molar-refractivity contribution in [2.75, 3.05) is 0 Å². The van der Waals surface area contributed by atoms with E-state index in [4.69, 9.17) is 5.10 Å². The van der Waals surface area contributed by atoms with Gasteiger partial charge in [-0.1, -0.05) is 0 Å². The second-order valence-electron chi connectivity index (χ2n) is 7.72. The number of nitrogens with zero attached hydrogens (tertiary/aromatic N) is 2. The molecule has 2 aromatic rings. The van der Waals surface area contributed by atoms with Crippen LogP contribution in [0.15, 0.2) is 36.5 Å². The van der Waals surface area contributed by atoms with Crippen molar-refractivity contribution >= 4 is 22.1 Å². The second-order valence-corrected chi connectivity index (χ2v) is 20.8. The van der Waals surface area contributed by atoms with E-state index in [2.05, 4.69) is 68.9 Å². The van der Waals surface area contributed by atoms with Crippen LogP contribution in [0.1, 0.15) is 71.8 Å². The summed E-state index contributed by atoms with van der Waals surface area (Å²) in [5.41, 5.74) is 2.65. The Morgan fingerprint density at radius 2 is 1.38 bits per heavy atom. The van der Waals surface area contributed by atoms with Crippen molar-refractivity contribution in [3.8, 4) is 5.69 Å². The van der Waals surface area contributed by atoms with Gasteiger partial charge >= 0.3 is 166 Å². The summed E-state index contributed by atoms with van der Waals surface area (Å²) in [6, 6.07) is 11.1. The molecule has 0 saturated carbocycles. The Morgan fingerprint density at radius 1 is 0.808 bits per heavy atom. The van der Waals surface area contributed by atoms with Gasteiger partial charge in [-0.3, -0.25) is 0 Å². The number of hydrogen-bond acceptors (Lipinski definition) is 1. The zero-order chi connectivity index (χ0) is 18.8. The molecule has 0 bridgehead atoms. The zero-order valence-corrected chi connectivity index (χ0v) is 20.3. The first-order valence-electron chi connectivity index (χ1n) is 10.8. The Morgan fingerprint density at radius 3 is 1.92 bits per heavy atom. The van der Waals surface area contributed by atoms with Gasteiger partial charge in [0.15, 0.2) is 0 Å². The van der Waals surface area contributed by atoms with Crippen molar-refractivity contribution < 1.29 is 0 Å². The summed E-state index contributed by atoms with van der Waals surface area (Å²) < 4.78 is 8.15. The summed E-state index contributed by atoms with van der Waals surface area (Å²) in [6.45, 7) is 9.25. The third-order valence-corrected chi connectivity index (χ3v) is 20.9. The van der Waals surface area contributed by atoms with Crippen LogP contribution in [0.4, 0.5) is 0 Å². The van der Waals surface area contributed by atoms with E-state index in [1.165, 1.54) is 66.8 Å². The molecule has 1 aromatic heterocycles. The van der Waals surface area contributed by atoms with Crippen LogP contribution in [0.5, 0.6) is 0 Å². The standard InChI is InChI=1S/C11H11N2.3C4H9.Sn/c1-2-10-6-3-4-7-11(10)13-9-5-8-12-13;3*1-3-4-2;/h3-7,9H,2H2,1H3;3*1,3-4H2,2H3;. The fourth-order valence-electron chi connectivity index (χ4n) is 4.08. The van der Waals surface area contributed by atoms with Crippen LogP contribution < -0.4 is 3.71 Å². The first kappa shape index (κ1) is 21.5. The molecule has 144 valence electrons. The summed E-state index contributed by atoms with van der Waals surface area (Å²) in [5.74, 6) is 0. The van der Waals surface area contributed by atoms with Crippen LogP contribution in [0.25, 0.3) is 5.69 Å². The predicted octanol–water partition coefficient (Wildman–Crippen LogP) is 6.49. The number of aromatic nitrogens is 2. The average molecular weight is 461 g/mol. The van der Waals surface area contributed by atoms with Gasteiger partial charge in [-0.2, -0.15) is 0 Å². The minimum absolute atomic E-state index is 1.06. The van der Waals surface area contributed by atoms with Crippen LogP contribution in [-0.2, 0) is 6.42 Å². The number of benzene rings is 1. The topological polar surface area (TPSA) is 17.8 Å². The molecule has 1 heterocycles. The molecular formula is C23H38N2Sn. The molecule has 2 rings (SSSR count). The Hall–Kier alpha value is -0.771. The third-order valence-electron chi connectivity index (χ3n) is 5.78. The van der Waals surface area contributed by atoms with Crippen molar-refractivity contribution in [1.82, 2.24) is 9.78 Å². The second kappa shape index (κ2) is 11.2. The van der Waals surface area contributed by atoms with Gasteiger partial charge in [0.1, 0.15) is 0 Å². The van der Waals surface area contributed by atoms with E-state index in [0.29, 0.717) is 0 Å². The summed E-state index contributed by atoms with van der Waals surface area (Å²) >= 11 is -2.41. The normalized spacial score (nSPS) is 11.8. The summed E-state index contributed by atoms with van der Waals surface area (Å²) in [5, 5.41) is 5.23.